The first kappa shape index (κ1) is 23.9. The molecule has 1 aliphatic carbocycles. The predicted octanol–water partition coefficient (Wildman–Crippen LogP) is 4.19. The maximum absolute atomic E-state index is 14.9. The summed E-state index contributed by atoms with van der Waals surface area (Å²) in [4.78, 5) is 11.8. The molecule has 2 aromatic rings. The van der Waals surface area contributed by atoms with E-state index in [9.17, 15) is 23.2 Å². The van der Waals surface area contributed by atoms with Gasteiger partial charge in [-0.05, 0) is 11.6 Å². The SMILES string of the molecule is CO/C1=C(\OC)C/C(F)=c2/cc(C(F)(F)CCC(=O)N(O)Cc3ccccc3)s/c2=C/C1. The molecule has 1 heterocycles. The van der Waals surface area contributed by atoms with E-state index in [1.165, 1.54) is 14.2 Å². The van der Waals surface area contributed by atoms with E-state index in [4.69, 9.17) is 9.47 Å². The predicted molar refractivity (Wildman–Crippen MR) is 115 cm³/mol. The van der Waals surface area contributed by atoms with Crippen molar-refractivity contribution in [1.29, 1.82) is 0 Å². The molecule has 0 aliphatic heterocycles. The van der Waals surface area contributed by atoms with Crippen molar-refractivity contribution in [2.45, 2.75) is 38.2 Å². The van der Waals surface area contributed by atoms with Crippen molar-refractivity contribution in [3.63, 3.8) is 0 Å². The van der Waals surface area contributed by atoms with E-state index >= 15 is 0 Å². The van der Waals surface area contributed by atoms with Crippen LogP contribution in [0.15, 0.2) is 47.9 Å². The quantitative estimate of drug-likeness (QED) is 0.467. The molecule has 32 heavy (non-hydrogen) atoms. The number of rotatable bonds is 8. The van der Waals surface area contributed by atoms with Crippen LogP contribution >= 0.6 is 11.3 Å². The third kappa shape index (κ3) is 5.52. The van der Waals surface area contributed by atoms with Gasteiger partial charge >= 0.3 is 0 Å². The Morgan fingerprint density at radius 3 is 2.53 bits per heavy atom. The van der Waals surface area contributed by atoms with Gasteiger partial charge in [0, 0.05) is 29.0 Å². The molecule has 0 saturated carbocycles. The smallest absolute Gasteiger partial charge is 0.282 e. The minimum absolute atomic E-state index is 0.0913. The normalized spacial score (nSPS) is 19.2. The average molecular weight is 468 g/mol. The molecule has 9 heteroatoms. The highest BCUT2D eigenvalue weighted by Crippen LogP contribution is 2.34. The van der Waals surface area contributed by atoms with Crippen molar-refractivity contribution in [3.05, 3.63) is 68.1 Å². The number of alkyl halides is 2. The maximum Gasteiger partial charge on any atom is 0.282 e. The second-order valence-electron chi connectivity index (χ2n) is 7.27. The maximum atomic E-state index is 14.9. The zero-order chi connectivity index (χ0) is 23.3. The summed E-state index contributed by atoms with van der Waals surface area (Å²) in [6, 6.07) is 9.84. The van der Waals surface area contributed by atoms with E-state index in [1.807, 2.05) is 0 Å². The lowest BCUT2D eigenvalue weighted by Gasteiger charge is -2.18. The molecule has 0 atom stereocenters. The van der Waals surface area contributed by atoms with Crippen LogP contribution < -0.4 is 9.75 Å². The number of benzene rings is 1. The Kier molecular flexibility index (Phi) is 7.63. The molecule has 0 unspecified atom stereocenters. The van der Waals surface area contributed by atoms with Crippen LogP contribution in [0.5, 0.6) is 0 Å². The van der Waals surface area contributed by atoms with Gasteiger partial charge < -0.3 is 9.47 Å². The molecule has 1 N–H and O–H groups in total. The molecule has 3 rings (SSSR count). The summed E-state index contributed by atoms with van der Waals surface area (Å²) in [6.45, 7) is -0.0929. The second-order valence-corrected chi connectivity index (χ2v) is 8.36. The fourth-order valence-corrected chi connectivity index (χ4v) is 4.44. The Morgan fingerprint density at radius 2 is 1.88 bits per heavy atom. The zero-order valence-electron chi connectivity index (χ0n) is 17.7. The van der Waals surface area contributed by atoms with E-state index in [0.717, 1.165) is 17.4 Å². The van der Waals surface area contributed by atoms with Crippen LogP contribution in [0.25, 0.3) is 11.9 Å². The van der Waals surface area contributed by atoms with Gasteiger partial charge in [-0.2, -0.15) is 0 Å². The number of hydrogen-bond donors (Lipinski definition) is 1. The molecule has 0 radical (unpaired) electrons. The number of allylic oxidation sites excluding steroid dienone is 2. The Balaban J connectivity index is 1.75. The van der Waals surface area contributed by atoms with Crippen molar-refractivity contribution in [2.24, 2.45) is 0 Å². The largest absolute Gasteiger partial charge is 0.497 e. The minimum Gasteiger partial charge on any atom is -0.497 e. The lowest BCUT2D eigenvalue weighted by Crippen LogP contribution is -2.28. The van der Waals surface area contributed by atoms with E-state index < -0.39 is 30.5 Å². The number of amides is 1. The number of halogens is 3. The average Bonchev–Trinajstić information content (AvgIpc) is 3.21. The Bertz CT molecular complexity index is 1110. The van der Waals surface area contributed by atoms with Crippen LogP contribution in [-0.2, 0) is 26.7 Å². The lowest BCUT2D eigenvalue weighted by molar-refractivity contribution is -0.169. The molecule has 0 spiro atoms. The number of nitrogens with zero attached hydrogens (tertiary/aromatic N) is 1. The first-order valence-electron chi connectivity index (χ1n) is 9.95. The Morgan fingerprint density at radius 1 is 1.19 bits per heavy atom. The van der Waals surface area contributed by atoms with Gasteiger partial charge in [-0.15, -0.1) is 11.3 Å². The van der Waals surface area contributed by atoms with Crippen LogP contribution in [0.4, 0.5) is 13.2 Å². The van der Waals surface area contributed by atoms with Gasteiger partial charge in [-0.3, -0.25) is 10.0 Å². The highest BCUT2D eigenvalue weighted by atomic mass is 32.1. The molecule has 0 bridgehead atoms. The van der Waals surface area contributed by atoms with Crippen molar-refractivity contribution in [1.82, 2.24) is 5.06 Å². The summed E-state index contributed by atoms with van der Waals surface area (Å²) >= 11 is 0.780. The van der Waals surface area contributed by atoms with Gasteiger partial charge in [0.2, 0.25) is 5.91 Å². The van der Waals surface area contributed by atoms with Crippen molar-refractivity contribution >= 4 is 29.1 Å². The third-order valence-electron chi connectivity index (χ3n) is 5.12. The molecule has 0 saturated heterocycles. The third-order valence-corrected chi connectivity index (χ3v) is 6.36. The molecule has 172 valence electrons. The number of methoxy groups -OCH3 is 2. The topological polar surface area (TPSA) is 59.0 Å². The summed E-state index contributed by atoms with van der Waals surface area (Å²) in [6.07, 6.45) is 0.348. The van der Waals surface area contributed by atoms with E-state index in [0.29, 0.717) is 26.7 Å². The van der Waals surface area contributed by atoms with Crippen LogP contribution in [0, 0.1) is 0 Å². The molecule has 1 aromatic heterocycles. The summed E-state index contributed by atoms with van der Waals surface area (Å²) < 4.78 is 55.3. The van der Waals surface area contributed by atoms with E-state index in [-0.39, 0.29) is 29.5 Å². The first-order chi connectivity index (χ1) is 15.2. The fourth-order valence-electron chi connectivity index (χ4n) is 3.33. The van der Waals surface area contributed by atoms with Crippen LogP contribution in [0.3, 0.4) is 0 Å². The molecule has 0 fully saturated rings. The molecule has 1 aromatic carbocycles. The second kappa shape index (κ2) is 10.2. The highest BCUT2D eigenvalue weighted by Gasteiger charge is 2.35. The van der Waals surface area contributed by atoms with Gasteiger partial charge in [0.05, 0.1) is 32.1 Å². The van der Waals surface area contributed by atoms with Crippen molar-refractivity contribution in [2.75, 3.05) is 14.2 Å². The van der Waals surface area contributed by atoms with Gasteiger partial charge in [0.25, 0.3) is 5.92 Å². The number of hydroxylamine groups is 2. The zero-order valence-corrected chi connectivity index (χ0v) is 18.6. The van der Waals surface area contributed by atoms with Gasteiger partial charge in [-0.1, -0.05) is 36.4 Å². The van der Waals surface area contributed by atoms with Gasteiger partial charge in [0.1, 0.15) is 17.3 Å². The summed E-state index contributed by atoms with van der Waals surface area (Å²) in [5.74, 6) is -4.03. The van der Waals surface area contributed by atoms with Gasteiger partial charge in [0.15, 0.2) is 0 Å². The number of fused-ring (bicyclic) bond motifs is 1. The summed E-state index contributed by atoms with van der Waals surface area (Å²) in [5, 5.41) is 10.4. The highest BCUT2D eigenvalue weighted by molar-refractivity contribution is 7.10. The van der Waals surface area contributed by atoms with Crippen molar-refractivity contribution < 1.29 is 32.6 Å². The number of thiophene rings is 1. The number of carbonyl (C=O) groups excluding carboxylic acids is 1. The minimum atomic E-state index is -3.36. The van der Waals surface area contributed by atoms with E-state index in [2.05, 4.69) is 0 Å². The number of hydrogen-bond acceptors (Lipinski definition) is 5. The molecular weight excluding hydrogens is 443 g/mol. The Hall–Kier alpha value is -2.78. The molecule has 5 nitrogen and oxygen atoms in total. The van der Waals surface area contributed by atoms with Gasteiger partial charge in [-0.25, -0.2) is 18.2 Å². The standard InChI is InChI=1S/C23H24F3NO4S/c1-30-18-8-9-20-16(17(24)13-19(18)31-2)12-21(32-20)23(25,26)11-10-22(28)27(29)14-15-6-4-3-5-7-15/h3-7,9,12,29H,8,10-11,13-14H2,1-2H3/b17-16+,19-18-,20-9+. The summed E-state index contributed by atoms with van der Waals surface area (Å²) in [7, 11) is 2.84. The molecule has 1 aliphatic rings. The number of ether oxygens (including phenoxy) is 2. The molecule has 1 amide bonds. The summed E-state index contributed by atoms with van der Waals surface area (Å²) in [5.41, 5.74) is 0.675. The monoisotopic (exact) mass is 467 g/mol. The Labute approximate surface area is 187 Å². The fraction of sp³-hybridized carbons (Fsp3) is 0.348. The van der Waals surface area contributed by atoms with Crippen LogP contribution in [0.2, 0.25) is 0 Å². The van der Waals surface area contributed by atoms with E-state index in [1.54, 1.807) is 36.4 Å². The lowest BCUT2D eigenvalue weighted by atomic mass is 10.1. The number of carbonyl (C=O) groups is 1. The molecular formula is C23H24F3NO4S. The van der Waals surface area contributed by atoms with Crippen LogP contribution in [0.1, 0.15) is 36.1 Å². The van der Waals surface area contributed by atoms with Crippen LogP contribution in [-0.4, -0.2) is 30.4 Å². The van der Waals surface area contributed by atoms with Crippen molar-refractivity contribution in [3.8, 4) is 0 Å². The first-order valence-corrected chi connectivity index (χ1v) is 10.8.